The fourth-order valence-electron chi connectivity index (χ4n) is 3.20. The molecular formula is C23H27N3O. The second-order valence-corrected chi connectivity index (χ2v) is 7.16. The number of amides is 1. The average Bonchev–Trinajstić information content (AvgIpc) is 2.66. The highest BCUT2D eigenvalue weighted by Gasteiger charge is 2.12. The molecule has 1 N–H and O–H groups in total. The molecule has 0 radical (unpaired) electrons. The predicted octanol–water partition coefficient (Wildman–Crippen LogP) is 4.23. The van der Waals surface area contributed by atoms with Gasteiger partial charge in [-0.1, -0.05) is 42.8 Å². The summed E-state index contributed by atoms with van der Waals surface area (Å²) in [5.41, 5.74) is 5.87. The van der Waals surface area contributed by atoms with E-state index in [9.17, 15) is 4.79 Å². The highest BCUT2D eigenvalue weighted by molar-refractivity contribution is 6.06. The van der Waals surface area contributed by atoms with Crippen LogP contribution in [0, 0.1) is 13.8 Å². The van der Waals surface area contributed by atoms with Crippen LogP contribution >= 0.6 is 0 Å². The zero-order valence-corrected chi connectivity index (χ0v) is 16.5. The number of rotatable bonds is 6. The van der Waals surface area contributed by atoms with Gasteiger partial charge in [-0.15, -0.1) is 0 Å². The van der Waals surface area contributed by atoms with Gasteiger partial charge < -0.3 is 10.2 Å². The quantitative estimate of drug-likeness (QED) is 0.714. The van der Waals surface area contributed by atoms with Crippen molar-refractivity contribution in [2.24, 2.45) is 0 Å². The van der Waals surface area contributed by atoms with E-state index in [4.69, 9.17) is 0 Å². The molecule has 1 aromatic heterocycles. The van der Waals surface area contributed by atoms with Crippen LogP contribution in [0.2, 0.25) is 0 Å². The third kappa shape index (κ3) is 4.72. The molecule has 0 saturated carbocycles. The third-order valence-electron chi connectivity index (χ3n) is 4.77. The largest absolute Gasteiger partial charge is 0.348 e. The predicted molar refractivity (Wildman–Crippen MR) is 111 cm³/mol. The molecule has 2 aromatic carbocycles. The van der Waals surface area contributed by atoms with Crippen LogP contribution in [-0.2, 0) is 13.1 Å². The molecule has 140 valence electrons. The maximum Gasteiger partial charge on any atom is 0.252 e. The molecule has 0 bridgehead atoms. The average molecular weight is 361 g/mol. The van der Waals surface area contributed by atoms with Crippen molar-refractivity contribution in [2.45, 2.75) is 33.9 Å². The van der Waals surface area contributed by atoms with Crippen LogP contribution in [-0.4, -0.2) is 29.4 Å². The van der Waals surface area contributed by atoms with Gasteiger partial charge in [0.05, 0.1) is 11.1 Å². The standard InChI is InChI=1S/C23H27N3O/c1-5-26(4)15-19-8-6-7-18(13-19)14-24-23(27)21-12-17(3)25-22-10-9-16(2)11-20(21)22/h6-13H,5,14-15H2,1-4H3,(H,24,27). The lowest BCUT2D eigenvalue weighted by molar-refractivity contribution is 0.0952. The lowest BCUT2D eigenvalue weighted by atomic mass is 10.0. The van der Waals surface area contributed by atoms with Gasteiger partial charge >= 0.3 is 0 Å². The molecule has 3 rings (SSSR count). The third-order valence-corrected chi connectivity index (χ3v) is 4.77. The summed E-state index contributed by atoms with van der Waals surface area (Å²) < 4.78 is 0. The summed E-state index contributed by atoms with van der Waals surface area (Å²) in [5.74, 6) is -0.0628. The first kappa shape index (κ1) is 19.1. The van der Waals surface area contributed by atoms with Crippen molar-refractivity contribution in [3.8, 4) is 0 Å². The minimum absolute atomic E-state index is 0.0628. The van der Waals surface area contributed by atoms with Crippen LogP contribution in [0.4, 0.5) is 0 Å². The Balaban J connectivity index is 1.78. The molecule has 4 heteroatoms. The Morgan fingerprint density at radius 2 is 1.85 bits per heavy atom. The van der Waals surface area contributed by atoms with E-state index in [1.807, 2.05) is 38.1 Å². The van der Waals surface area contributed by atoms with E-state index in [1.165, 1.54) is 5.56 Å². The SMILES string of the molecule is CCN(C)Cc1cccc(CNC(=O)c2cc(C)nc3ccc(C)cc23)c1. The number of aromatic nitrogens is 1. The van der Waals surface area contributed by atoms with E-state index in [1.54, 1.807) is 0 Å². The summed E-state index contributed by atoms with van der Waals surface area (Å²) in [6.07, 6.45) is 0. The second kappa shape index (κ2) is 8.31. The topological polar surface area (TPSA) is 45.2 Å². The van der Waals surface area contributed by atoms with Crippen LogP contribution in [0.15, 0.2) is 48.5 Å². The first-order valence-corrected chi connectivity index (χ1v) is 9.39. The zero-order valence-electron chi connectivity index (χ0n) is 16.5. The molecule has 0 aliphatic heterocycles. The van der Waals surface area contributed by atoms with Crippen LogP contribution in [0.25, 0.3) is 10.9 Å². The molecule has 0 aliphatic rings. The Kier molecular flexibility index (Phi) is 5.87. The number of carbonyl (C=O) groups excluding carboxylic acids is 1. The Labute approximate surface area is 161 Å². The maximum absolute atomic E-state index is 12.9. The van der Waals surface area contributed by atoms with Gasteiger partial charge in [-0.2, -0.15) is 0 Å². The summed E-state index contributed by atoms with van der Waals surface area (Å²) in [5, 5.41) is 3.97. The molecule has 1 amide bonds. The minimum atomic E-state index is -0.0628. The number of carbonyl (C=O) groups is 1. The Bertz CT molecular complexity index is 965. The molecule has 1 heterocycles. The molecular weight excluding hydrogens is 334 g/mol. The van der Waals surface area contributed by atoms with Gasteiger partial charge in [0, 0.05) is 24.2 Å². The normalized spacial score (nSPS) is 11.1. The maximum atomic E-state index is 12.9. The molecule has 4 nitrogen and oxygen atoms in total. The number of nitrogens with one attached hydrogen (secondary N) is 1. The molecule has 3 aromatic rings. The number of hydrogen-bond donors (Lipinski definition) is 1. The monoisotopic (exact) mass is 361 g/mol. The van der Waals surface area contributed by atoms with Crippen LogP contribution in [0.1, 0.15) is 39.7 Å². The number of nitrogens with zero attached hydrogens (tertiary/aromatic N) is 2. The van der Waals surface area contributed by atoms with E-state index in [0.29, 0.717) is 12.1 Å². The molecule has 0 saturated heterocycles. The summed E-state index contributed by atoms with van der Waals surface area (Å²) in [6.45, 7) is 8.52. The Morgan fingerprint density at radius 1 is 1.07 bits per heavy atom. The van der Waals surface area contributed by atoms with Gasteiger partial charge in [0.1, 0.15) is 0 Å². The second-order valence-electron chi connectivity index (χ2n) is 7.16. The fourth-order valence-corrected chi connectivity index (χ4v) is 3.20. The highest BCUT2D eigenvalue weighted by atomic mass is 16.1. The summed E-state index contributed by atoms with van der Waals surface area (Å²) >= 11 is 0. The lowest BCUT2D eigenvalue weighted by Gasteiger charge is -2.15. The smallest absolute Gasteiger partial charge is 0.252 e. The summed E-state index contributed by atoms with van der Waals surface area (Å²) in [6, 6.07) is 16.3. The van der Waals surface area contributed by atoms with Crippen molar-refractivity contribution in [3.63, 3.8) is 0 Å². The van der Waals surface area contributed by atoms with Crippen molar-refractivity contribution < 1.29 is 4.79 Å². The van der Waals surface area contributed by atoms with Gasteiger partial charge in [0.15, 0.2) is 0 Å². The van der Waals surface area contributed by atoms with E-state index >= 15 is 0 Å². The molecule has 0 fully saturated rings. The van der Waals surface area contributed by atoms with Crippen molar-refractivity contribution in [3.05, 3.63) is 76.5 Å². The number of fused-ring (bicyclic) bond motifs is 1. The van der Waals surface area contributed by atoms with E-state index in [2.05, 4.69) is 53.4 Å². The number of hydrogen-bond acceptors (Lipinski definition) is 3. The van der Waals surface area contributed by atoms with Gasteiger partial charge in [-0.3, -0.25) is 9.78 Å². The zero-order chi connectivity index (χ0) is 19.4. The molecule has 27 heavy (non-hydrogen) atoms. The first-order chi connectivity index (χ1) is 13.0. The van der Waals surface area contributed by atoms with Gasteiger partial charge in [-0.25, -0.2) is 0 Å². The van der Waals surface area contributed by atoms with E-state index < -0.39 is 0 Å². The summed E-state index contributed by atoms with van der Waals surface area (Å²) in [4.78, 5) is 19.7. The number of pyridine rings is 1. The molecule has 0 spiro atoms. The number of aryl methyl sites for hydroxylation is 2. The molecule has 0 atom stereocenters. The van der Waals surface area contributed by atoms with Gasteiger partial charge in [0.2, 0.25) is 0 Å². The van der Waals surface area contributed by atoms with Crippen LogP contribution < -0.4 is 5.32 Å². The summed E-state index contributed by atoms with van der Waals surface area (Å²) in [7, 11) is 2.10. The fraction of sp³-hybridized carbons (Fsp3) is 0.304. The van der Waals surface area contributed by atoms with Crippen LogP contribution in [0.5, 0.6) is 0 Å². The lowest BCUT2D eigenvalue weighted by Crippen LogP contribution is -2.23. The van der Waals surface area contributed by atoms with Gasteiger partial charge in [-0.05, 0) is 56.8 Å². The highest BCUT2D eigenvalue weighted by Crippen LogP contribution is 2.20. The van der Waals surface area contributed by atoms with Crippen molar-refractivity contribution in [2.75, 3.05) is 13.6 Å². The van der Waals surface area contributed by atoms with E-state index in [-0.39, 0.29) is 5.91 Å². The number of benzene rings is 2. The van der Waals surface area contributed by atoms with E-state index in [0.717, 1.165) is 40.8 Å². The van der Waals surface area contributed by atoms with Crippen LogP contribution in [0.3, 0.4) is 0 Å². The Morgan fingerprint density at radius 3 is 2.63 bits per heavy atom. The Hall–Kier alpha value is -2.72. The molecule has 0 aliphatic carbocycles. The van der Waals surface area contributed by atoms with Crippen molar-refractivity contribution >= 4 is 16.8 Å². The first-order valence-electron chi connectivity index (χ1n) is 9.39. The van der Waals surface area contributed by atoms with Crippen molar-refractivity contribution in [1.82, 2.24) is 15.2 Å². The van der Waals surface area contributed by atoms with Crippen molar-refractivity contribution in [1.29, 1.82) is 0 Å². The minimum Gasteiger partial charge on any atom is -0.348 e. The van der Waals surface area contributed by atoms with Gasteiger partial charge in [0.25, 0.3) is 5.91 Å². The molecule has 0 unspecified atom stereocenters.